The van der Waals surface area contributed by atoms with E-state index in [4.69, 9.17) is 33.7 Å². The summed E-state index contributed by atoms with van der Waals surface area (Å²) < 4.78 is 7.66. The van der Waals surface area contributed by atoms with Crippen molar-refractivity contribution in [3.8, 4) is 11.5 Å². The van der Waals surface area contributed by atoms with Crippen LogP contribution in [-0.4, -0.2) is 21.6 Å². The zero-order valence-electron chi connectivity index (χ0n) is 16.6. The van der Waals surface area contributed by atoms with Crippen LogP contribution in [0.5, 0.6) is 11.5 Å². The van der Waals surface area contributed by atoms with Crippen molar-refractivity contribution in [2.24, 2.45) is 5.73 Å². The number of primary amides is 1. The summed E-state index contributed by atoms with van der Waals surface area (Å²) in [6.45, 7) is 2.02. The van der Waals surface area contributed by atoms with Crippen LogP contribution in [0.4, 0.5) is 4.79 Å². The van der Waals surface area contributed by atoms with Gasteiger partial charge in [0.05, 0.1) is 21.1 Å². The molecular formula is C20H17Cl2N5O5. The molecule has 12 heteroatoms. The fourth-order valence-electron chi connectivity index (χ4n) is 3.79. The van der Waals surface area contributed by atoms with Crippen molar-refractivity contribution in [1.82, 2.24) is 20.3 Å². The third-order valence-corrected chi connectivity index (χ3v) is 6.34. The minimum Gasteiger partial charge on any atom is -0.454 e. The Bertz CT molecular complexity index is 1340. The van der Waals surface area contributed by atoms with Crippen molar-refractivity contribution in [2.45, 2.75) is 31.0 Å². The Morgan fingerprint density at radius 1 is 1.19 bits per heavy atom. The number of imidazole rings is 1. The Hall–Kier alpha value is -3.21. The number of aromatic amines is 1. The first kappa shape index (κ1) is 20.7. The number of amides is 2. The molecule has 1 aliphatic carbocycles. The Labute approximate surface area is 190 Å². The third-order valence-electron chi connectivity index (χ3n) is 5.78. The minimum atomic E-state index is -1.83. The van der Waals surface area contributed by atoms with Crippen LogP contribution < -0.4 is 27.0 Å². The van der Waals surface area contributed by atoms with Crippen molar-refractivity contribution < 1.29 is 19.2 Å². The fourth-order valence-corrected chi connectivity index (χ4v) is 4.35. The molecule has 1 atom stereocenters. The first-order chi connectivity index (χ1) is 15.1. The molecule has 0 spiro atoms. The fraction of sp³-hybridized carbons (Fsp3) is 0.250. The van der Waals surface area contributed by atoms with Crippen LogP contribution in [0.3, 0.4) is 0 Å². The average molecular weight is 478 g/mol. The van der Waals surface area contributed by atoms with E-state index in [-0.39, 0.29) is 32.6 Å². The Morgan fingerprint density at radius 3 is 2.44 bits per heavy atom. The maximum absolute atomic E-state index is 12.4. The molecule has 0 bridgehead atoms. The van der Waals surface area contributed by atoms with Gasteiger partial charge in [0, 0.05) is 17.2 Å². The Morgan fingerprint density at radius 2 is 1.88 bits per heavy atom. The van der Waals surface area contributed by atoms with Crippen LogP contribution in [0.1, 0.15) is 25.3 Å². The van der Waals surface area contributed by atoms with Gasteiger partial charge in [0.2, 0.25) is 5.66 Å². The highest BCUT2D eigenvalue weighted by molar-refractivity contribution is 6.37. The van der Waals surface area contributed by atoms with Gasteiger partial charge in [0.15, 0.2) is 5.75 Å². The van der Waals surface area contributed by atoms with E-state index in [2.05, 4.69) is 20.6 Å². The predicted molar refractivity (Wildman–Crippen MR) is 116 cm³/mol. The lowest BCUT2D eigenvalue weighted by molar-refractivity contribution is -0.127. The molecule has 10 nitrogen and oxygen atoms in total. The van der Waals surface area contributed by atoms with E-state index in [9.17, 15) is 14.4 Å². The van der Waals surface area contributed by atoms with Gasteiger partial charge in [-0.2, -0.15) is 0 Å². The summed E-state index contributed by atoms with van der Waals surface area (Å²) in [5.41, 5.74) is 7.07. The van der Waals surface area contributed by atoms with Crippen LogP contribution in [0.25, 0.3) is 11.0 Å². The maximum atomic E-state index is 12.4. The van der Waals surface area contributed by atoms with Gasteiger partial charge in [-0.15, -0.1) is 5.48 Å². The SMILES string of the molecule is CC1(n2c(=O)[nH]c3ccc(Oc4c(Cl)cc(C5(C(N)=O)NOC(=O)N5)cc4Cl)cc32)CC1. The van der Waals surface area contributed by atoms with Gasteiger partial charge in [-0.05, 0) is 44.0 Å². The second kappa shape index (κ2) is 6.89. The van der Waals surface area contributed by atoms with E-state index in [0.717, 1.165) is 12.8 Å². The van der Waals surface area contributed by atoms with Gasteiger partial charge in [-0.25, -0.2) is 9.59 Å². The lowest BCUT2D eigenvalue weighted by Crippen LogP contribution is -2.56. The van der Waals surface area contributed by atoms with E-state index < -0.39 is 17.7 Å². The van der Waals surface area contributed by atoms with Crippen LogP contribution in [0.15, 0.2) is 35.1 Å². The van der Waals surface area contributed by atoms with Gasteiger partial charge in [0.25, 0.3) is 5.91 Å². The average Bonchev–Trinajstić information content (AvgIpc) is 3.17. The van der Waals surface area contributed by atoms with E-state index in [0.29, 0.717) is 16.8 Å². The van der Waals surface area contributed by atoms with E-state index in [1.807, 2.05) is 6.92 Å². The predicted octanol–water partition coefficient (Wildman–Crippen LogP) is 2.82. The number of nitrogens with zero attached hydrogens (tertiary/aromatic N) is 1. The molecule has 1 aromatic heterocycles. The quantitative estimate of drug-likeness (QED) is 0.445. The number of carbonyl (C=O) groups is 2. The summed E-state index contributed by atoms with van der Waals surface area (Å²) in [7, 11) is 0. The number of nitrogens with one attached hydrogen (secondary N) is 3. The molecule has 1 aliphatic heterocycles. The molecule has 3 aromatic rings. The third kappa shape index (κ3) is 3.10. The maximum Gasteiger partial charge on any atom is 0.428 e. The highest BCUT2D eigenvalue weighted by Gasteiger charge is 2.47. The summed E-state index contributed by atoms with van der Waals surface area (Å²) in [6.07, 6.45) is 0.950. The first-order valence-corrected chi connectivity index (χ1v) is 10.4. The lowest BCUT2D eigenvalue weighted by atomic mass is 9.99. The molecular weight excluding hydrogens is 461 g/mol. The molecule has 2 amide bonds. The summed E-state index contributed by atoms with van der Waals surface area (Å²) in [5.74, 6) is -0.386. The van der Waals surface area contributed by atoms with E-state index in [1.165, 1.54) is 12.1 Å². The van der Waals surface area contributed by atoms with E-state index in [1.54, 1.807) is 22.8 Å². The van der Waals surface area contributed by atoms with Gasteiger partial charge in [-0.3, -0.25) is 14.7 Å². The number of benzene rings is 2. The summed E-state index contributed by atoms with van der Waals surface area (Å²) >= 11 is 12.8. The standard InChI is InChI=1S/C20H17Cl2N5O5/c1-19(4-5-19)27-14-8-10(2-3-13(14)24-17(27)29)31-15-11(21)6-9(7-12(15)22)20(16(23)28)25-18(30)32-26-20/h2-3,6-8,26H,4-5H2,1H3,(H2,23,28)(H,24,29)(H,25,30). The Balaban J connectivity index is 1.53. The second-order valence-electron chi connectivity index (χ2n) is 8.04. The van der Waals surface area contributed by atoms with Crippen molar-refractivity contribution in [1.29, 1.82) is 0 Å². The van der Waals surface area contributed by atoms with Crippen LogP contribution in [0, 0.1) is 0 Å². The topological polar surface area (TPSA) is 140 Å². The van der Waals surface area contributed by atoms with Gasteiger partial charge >= 0.3 is 11.8 Å². The summed E-state index contributed by atoms with van der Waals surface area (Å²) in [6, 6.07) is 7.91. The van der Waals surface area contributed by atoms with Crippen molar-refractivity contribution in [3.05, 3.63) is 56.4 Å². The lowest BCUT2D eigenvalue weighted by Gasteiger charge is -2.24. The number of aromatic nitrogens is 2. The van der Waals surface area contributed by atoms with Gasteiger partial charge in [0.1, 0.15) is 5.75 Å². The molecule has 2 heterocycles. The zero-order chi connectivity index (χ0) is 22.8. The van der Waals surface area contributed by atoms with Crippen molar-refractivity contribution >= 4 is 46.2 Å². The van der Waals surface area contributed by atoms with Crippen LogP contribution in [0.2, 0.25) is 10.0 Å². The smallest absolute Gasteiger partial charge is 0.428 e. The number of fused-ring (bicyclic) bond motifs is 1. The number of carbonyl (C=O) groups excluding carboxylic acids is 2. The van der Waals surface area contributed by atoms with E-state index >= 15 is 0 Å². The molecule has 2 fully saturated rings. The molecule has 2 aliphatic rings. The number of ether oxygens (including phenoxy) is 1. The van der Waals surface area contributed by atoms with Gasteiger partial charge in [-0.1, -0.05) is 23.2 Å². The first-order valence-electron chi connectivity index (χ1n) is 9.62. The molecule has 2 aromatic carbocycles. The molecule has 32 heavy (non-hydrogen) atoms. The number of hydroxylamine groups is 1. The van der Waals surface area contributed by atoms with Gasteiger partial charge < -0.3 is 20.3 Å². The molecule has 0 radical (unpaired) electrons. The molecule has 1 unspecified atom stereocenters. The monoisotopic (exact) mass is 477 g/mol. The molecule has 1 saturated heterocycles. The van der Waals surface area contributed by atoms with Crippen molar-refractivity contribution in [2.75, 3.05) is 0 Å². The number of rotatable bonds is 5. The Kier molecular flexibility index (Phi) is 4.45. The number of H-pyrrole nitrogens is 1. The molecule has 5 rings (SSSR count). The highest BCUT2D eigenvalue weighted by atomic mass is 35.5. The van der Waals surface area contributed by atoms with Crippen LogP contribution >= 0.6 is 23.2 Å². The van der Waals surface area contributed by atoms with Crippen molar-refractivity contribution in [3.63, 3.8) is 0 Å². The molecule has 1 saturated carbocycles. The number of hydrogen-bond acceptors (Lipinski definition) is 6. The largest absolute Gasteiger partial charge is 0.454 e. The normalized spacial score (nSPS) is 21.3. The number of hydrogen-bond donors (Lipinski definition) is 4. The number of nitrogens with two attached hydrogens (primary N) is 1. The van der Waals surface area contributed by atoms with Crippen LogP contribution in [-0.2, 0) is 20.8 Å². The zero-order valence-corrected chi connectivity index (χ0v) is 18.1. The molecule has 166 valence electrons. The summed E-state index contributed by atoms with van der Waals surface area (Å²) in [4.78, 5) is 43.4. The number of halogens is 2. The highest BCUT2D eigenvalue weighted by Crippen LogP contribution is 2.44. The molecule has 5 N–H and O–H groups in total. The minimum absolute atomic E-state index is 0.0665. The second-order valence-corrected chi connectivity index (χ2v) is 8.86. The summed E-state index contributed by atoms with van der Waals surface area (Å²) in [5, 5.41) is 2.45.